The predicted octanol–water partition coefficient (Wildman–Crippen LogP) is 24.9. The zero-order valence-electron chi connectivity index (χ0n) is 67.1. The van der Waals surface area contributed by atoms with E-state index in [4.69, 9.17) is 37.0 Å². The molecule has 7 atom stereocenters. The fourth-order valence-corrected chi connectivity index (χ4v) is 14.4. The van der Waals surface area contributed by atoms with Crippen molar-refractivity contribution in [3.8, 4) is 0 Å². The summed E-state index contributed by atoms with van der Waals surface area (Å²) in [6.07, 6.45) is 62.3. The lowest BCUT2D eigenvalue weighted by atomic mass is 9.99. The number of esters is 4. The van der Waals surface area contributed by atoms with Crippen LogP contribution in [0.3, 0.4) is 0 Å². The topological polar surface area (TPSA) is 237 Å². The number of hydrogen-bond acceptors (Lipinski definition) is 15. The number of phosphoric ester groups is 2. The van der Waals surface area contributed by atoms with Crippen molar-refractivity contribution in [1.82, 2.24) is 0 Å². The number of carbonyl (C=O) groups excluding carboxylic acids is 4. The molecule has 19 heteroatoms. The van der Waals surface area contributed by atoms with Crippen LogP contribution in [-0.2, 0) is 65.4 Å². The highest BCUT2D eigenvalue weighted by Gasteiger charge is 2.30. The van der Waals surface area contributed by atoms with Crippen LogP contribution in [0.2, 0.25) is 0 Å². The first kappa shape index (κ1) is 100. The molecular weight excluding hydrogens is 1330 g/mol. The van der Waals surface area contributed by atoms with Crippen LogP contribution in [0.15, 0.2) is 0 Å². The van der Waals surface area contributed by atoms with E-state index < -0.39 is 97.5 Å². The molecule has 0 bridgehead atoms. The Kier molecular flexibility index (Phi) is 71.8. The van der Waals surface area contributed by atoms with Gasteiger partial charge in [0.2, 0.25) is 0 Å². The van der Waals surface area contributed by atoms with Gasteiger partial charge in [0.15, 0.2) is 12.2 Å². The van der Waals surface area contributed by atoms with Gasteiger partial charge in [-0.25, -0.2) is 9.13 Å². The van der Waals surface area contributed by atoms with E-state index in [1.165, 1.54) is 238 Å². The van der Waals surface area contributed by atoms with Crippen LogP contribution in [0.5, 0.6) is 0 Å². The quantitative estimate of drug-likeness (QED) is 0.0222. The second kappa shape index (κ2) is 73.2. The first-order valence-corrected chi connectivity index (χ1v) is 45.9. The number of unbranched alkanes of at least 4 members (excludes halogenated alkanes) is 47. The first-order valence-electron chi connectivity index (χ1n) is 42.9. The minimum Gasteiger partial charge on any atom is -0.462 e. The molecule has 0 saturated carbocycles. The minimum atomic E-state index is -4.96. The lowest BCUT2D eigenvalue weighted by Gasteiger charge is -2.21. The van der Waals surface area contributed by atoms with E-state index in [9.17, 15) is 43.2 Å². The Bertz CT molecular complexity index is 1980. The van der Waals surface area contributed by atoms with Gasteiger partial charge in [0.1, 0.15) is 19.3 Å². The molecule has 0 amide bonds. The molecule has 0 radical (unpaired) electrons. The molecule has 0 aromatic carbocycles. The van der Waals surface area contributed by atoms with Gasteiger partial charge in [0.05, 0.1) is 26.4 Å². The molecule has 0 aliphatic heterocycles. The molecule has 0 spiro atoms. The van der Waals surface area contributed by atoms with Gasteiger partial charge in [-0.05, 0) is 43.4 Å². The van der Waals surface area contributed by atoms with Gasteiger partial charge < -0.3 is 33.8 Å². The second-order valence-electron chi connectivity index (χ2n) is 30.8. The molecule has 17 nitrogen and oxygen atoms in total. The Hall–Kier alpha value is -1.94. The predicted molar refractivity (Wildman–Crippen MR) is 418 cm³/mol. The van der Waals surface area contributed by atoms with Crippen LogP contribution < -0.4 is 0 Å². The van der Waals surface area contributed by atoms with E-state index in [0.717, 1.165) is 108 Å². The van der Waals surface area contributed by atoms with Crippen molar-refractivity contribution in [3.05, 3.63) is 0 Å². The van der Waals surface area contributed by atoms with Gasteiger partial charge in [0.25, 0.3) is 0 Å². The maximum absolute atomic E-state index is 13.1. The first-order chi connectivity index (χ1) is 49.3. The Labute approximate surface area is 626 Å². The molecule has 0 aliphatic carbocycles. The van der Waals surface area contributed by atoms with E-state index >= 15 is 0 Å². The molecular formula is C83H162O17P2. The van der Waals surface area contributed by atoms with Crippen LogP contribution in [0.4, 0.5) is 0 Å². The van der Waals surface area contributed by atoms with Gasteiger partial charge in [-0.3, -0.25) is 37.3 Å². The minimum absolute atomic E-state index is 0.107. The summed E-state index contributed by atoms with van der Waals surface area (Å²) in [6.45, 7) is 12.0. The average molecular weight is 1490 g/mol. The molecule has 0 heterocycles. The zero-order chi connectivity index (χ0) is 75.1. The van der Waals surface area contributed by atoms with Crippen molar-refractivity contribution in [2.45, 2.75) is 452 Å². The summed E-state index contributed by atoms with van der Waals surface area (Å²) in [5.74, 6) is 0.293. The third kappa shape index (κ3) is 73.6. The van der Waals surface area contributed by atoms with Crippen LogP contribution >= 0.6 is 15.6 Å². The van der Waals surface area contributed by atoms with Crippen LogP contribution in [0.25, 0.3) is 0 Å². The number of aliphatic hydroxyl groups is 1. The van der Waals surface area contributed by atoms with Crippen molar-refractivity contribution in [2.75, 3.05) is 39.6 Å². The molecule has 4 unspecified atom stereocenters. The van der Waals surface area contributed by atoms with Crippen LogP contribution in [0, 0.1) is 17.8 Å². The third-order valence-electron chi connectivity index (χ3n) is 20.1. The maximum Gasteiger partial charge on any atom is 0.472 e. The summed E-state index contributed by atoms with van der Waals surface area (Å²) < 4.78 is 68.8. The Morgan fingerprint density at radius 3 is 0.745 bits per heavy atom. The Morgan fingerprint density at radius 2 is 0.500 bits per heavy atom. The van der Waals surface area contributed by atoms with Crippen molar-refractivity contribution < 1.29 is 80.2 Å². The largest absolute Gasteiger partial charge is 0.472 e. The van der Waals surface area contributed by atoms with Gasteiger partial charge in [0, 0.05) is 25.7 Å². The fraction of sp³-hybridized carbons (Fsp3) is 0.952. The van der Waals surface area contributed by atoms with Gasteiger partial charge in [-0.2, -0.15) is 0 Å². The molecule has 0 rings (SSSR count). The van der Waals surface area contributed by atoms with Crippen LogP contribution in [-0.4, -0.2) is 96.7 Å². The summed E-state index contributed by atoms with van der Waals surface area (Å²) in [5.41, 5.74) is 0. The van der Waals surface area contributed by atoms with Crippen molar-refractivity contribution in [3.63, 3.8) is 0 Å². The maximum atomic E-state index is 13.1. The van der Waals surface area contributed by atoms with E-state index in [-0.39, 0.29) is 25.7 Å². The van der Waals surface area contributed by atoms with Gasteiger partial charge in [-0.15, -0.1) is 0 Å². The fourth-order valence-electron chi connectivity index (χ4n) is 12.8. The van der Waals surface area contributed by atoms with Crippen molar-refractivity contribution >= 4 is 39.5 Å². The molecule has 0 aliphatic rings. The summed E-state index contributed by atoms with van der Waals surface area (Å²) in [6, 6.07) is 0. The van der Waals surface area contributed by atoms with Crippen LogP contribution in [0.1, 0.15) is 434 Å². The molecule has 0 aromatic heterocycles. The number of hydrogen-bond donors (Lipinski definition) is 3. The number of ether oxygens (including phenoxy) is 4. The van der Waals surface area contributed by atoms with Crippen molar-refractivity contribution in [1.29, 1.82) is 0 Å². The number of carbonyl (C=O) groups is 4. The summed E-state index contributed by atoms with van der Waals surface area (Å²) in [7, 11) is -9.92. The van der Waals surface area contributed by atoms with E-state index in [1.807, 2.05) is 0 Å². The SMILES string of the molecule is CCCCCCCCCCCCCCCCCCC(=O)O[C@H](COC(=O)CCCCCCCCCC(C)C)COP(=O)(O)OC[C@H](O)COP(=O)(O)OC[C@@H](COC(=O)CCCCCCCCCCCCCCCCC(C)CC)OC(=O)CCCCCCCCCCCCCCCCC(C)CC. The number of phosphoric acid groups is 2. The van der Waals surface area contributed by atoms with E-state index in [1.54, 1.807) is 0 Å². The molecule has 3 N–H and O–H groups in total. The summed E-state index contributed by atoms with van der Waals surface area (Å²) in [5, 5.41) is 10.7. The highest BCUT2D eigenvalue weighted by molar-refractivity contribution is 7.47. The average Bonchev–Trinajstić information content (AvgIpc) is 0.909. The molecule has 0 aromatic rings. The standard InChI is InChI=1S/C83H162O17P2/c1-8-11-12-13-14-15-16-17-18-19-27-32-37-44-52-59-66-83(88)100-79(71-94-81(86)65-58-51-46-39-40-47-54-61-74(4)5)73-98-102(91,92)96-69-77(84)68-95-101(89,90)97-72-78(99-82(87)67-60-53-45-38-33-28-23-21-25-30-35-42-49-56-63-76(7)10-3)70-93-80(85)64-57-50-43-36-31-26-22-20-24-29-34-41-48-55-62-75(6)9-2/h74-79,84H,8-73H2,1-7H3,(H,89,90)(H,91,92)/t75?,76?,77-,78-,79-/m1/s1. The highest BCUT2D eigenvalue weighted by atomic mass is 31.2. The lowest BCUT2D eigenvalue weighted by molar-refractivity contribution is -0.161. The number of aliphatic hydroxyl groups excluding tert-OH is 1. The molecule has 0 fully saturated rings. The highest BCUT2D eigenvalue weighted by Crippen LogP contribution is 2.45. The Morgan fingerprint density at radius 1 is 0.284 bits per heavy atom. The van der Waals surface area contributed by atoms with Gasteiger partial charge in [-0.1, -0.05) is 382 Å². The van der Waals surface area contributed by atoms with E-state index in [2.05, 4.69) is 48.5 Å². The normalized spacial score (nSPS) is 14.5. The lowest BCUT2D eigenvalue weighted by Crippen LogP contribution is -2.30. The second-order valence-corrected chi connectivity index (χ2v) is 33.7. The zero-order valence-corrected chi connectivity index (χ0v) is 68.9. The van der Waals surface area contributed by atoms with Gasteiger partial charge >= 0.3 is 39.5 Å². The molecule has 0 saturated heterocycles. The smallest absolute Gasteiger partial charge is 0.462 e. The number of rotatable bonds is 81. The Balaban J connectivity index is 5.25. The van der Waals surface area contributed by atoms with E-state index in [0.29, 0.717) is 31.6 Å². The summed E-state index contributed by atoms with van der Waals surface area (Å²) >= 11 is 0. The van der Waals surface area contributed by atoms with Crippen molar-refractivity contribution in [2.24, 2.45) is 17.8 Å². The molecule has 606 valence electrons. The third-order valence-corrected chi connectivity index (χ3v) is 22.0. The summed E-state index contributed by atoms with van der Waals surface area (Å²) in [4.78, 5) is 73.1. The molecule has 102 heavy (non-hydrogen) atoms. The monoisotopic (exact) mass is 1490 g/mol.